The van der Waals surface area contributed by atoms with Gasteiger partial charge in [-0.25, -0.2) is 4.39 Å². The maximum Gasteiger partial charge on any atom is 0.419 e. The Kier molecular flexibility index (Phi) is 4.66. The summed E-state index contributed by atoms with van der Waals surface area (Å²) in [5, 5.41) is 0. The van der Waals surface area contributed by atoms with Gasteiger partial charge in [0.05, 0.1) is 11.6 Å². The van der Waals surface area contributed by atoms with Crippen LogP contribution in [-0.2, 0) is 15.7 Å². The van der Waals surface area contributed by atoms with Gasteiger partial charge >= 0.3 is 6.18 Å². The molecule has 0 aliphatic rings. The van der Waals surface area contributed by atoms with Gasteiger partial charge in [0.25, 0.3) is 0 Å². The average Bonchev–Trinajstić information content (AvgIpc) is 2.28. The van der Waals surface area contributed by atoms with E-state index in [1.807, 2.05) is 0 Å². The van der Waals surface area contributed by atoms with E-state index in [1.165, 1.54) is 14.2 Å². The van der Waals surface area contributed by atoms with Gasteiger partial charge in [-0.05, 0) is 17.7 Å². The van der Waals surface area contributed by atoms with Gasteiger partial charge in [0, 0.05) is 14.2 Å². The lowest BCUT2D eigenvalue weighted by Crippen LogP contribution is -2.29. The minimum absolute atomic E-state index is 0.161. The zero-order chi connectivity index (χ0) is 13.9. The number of hydrogen-bond acceptors (Lipinski definition) is 3. The maximum absolute atomic E-state index is 13.3. The second-order valence-corrected chi connectivity index (χ2v) is 3.60. The summed E-state index contributed by atoms with van der Waals surface area (Å²) in [7, 11) is 2.66. The van der Waals surface area contributed by atoms with Gasteiger partial charge in [-0.3, -0.25) is 0 Å². The average molecular weight is 267 g/mol. The monoisotopic (exact) mass is 267 g/mol. The fourth-order valence-corrected chi connectivity index (χ4v) is 1.52. The Morgan fingerprint density at radius 1 is 1.17 bits per heavy atom. The van der Waals surface area contributed by atoms with Gasteiger partial charge < -0.3 is 15.2 Å². The van der Waals surface area contributed by atoms with Gasteiger partial charge in [-0.2, -0.15) is 13.2 Å². The molecule has 1 atom stereocenters. The first-order valence-electron chi connectivity index (χ1n) is 4.99. The first-order valence-corrected chi connectivity index (χ1v) is 4.99. The highest BCUT2D eigenvalue weighted by Crippen LogP contribution is 2.32. The highest BCUT2D eigenvalue weighted by molar-refractivity contribution is 5.28. The van der Waals surface area contributed by atoms with Crippen molar-refractivity contribution in [3.63, 3.8) is 0 Å². The van der Waals surface area contributed by atoms with Crippen molar-refractivity contribution in [1.82, 2.24) is 0 Å². The van der Waals surface area contributed by atoms with Crippen LogP contribution in [0.25, 0.3) is 0 Å². The van der Waals surface area contributed by atoms with Crippen LogP contribution < -0.4 is 5.73 Å². The summed E-state index contributed by atoms with van der Waals surface area (Å²) < 4.78 is 60.1. The summed E-state index contributed by atoms with van der Waals surface area (Å²) >= 11 is 0. The van der Waals surface area contributed by atoms with E-state index in [9.17, 15) is 17.6 Å². The molecule has 1 aromatic rings. The van der Waals surface area contributed by atoms with E-state index in [1.54, 1.807) is 0 Å². The molecule has 0 amide bonds. The van der Waals surface area contributed by atoms with Crippen LogP contribution in [0.3, 0.4) is 0 Å². The van der Waals surface area contributed by atoms with Crippen molar-refractivity contribution >= 4 is 0 Å². The van der Waals surface area contributed by atoms with E-state index in [4.69, 9.17) is 15.2 Å². The lowest BCUT2D eigenvalue weighted by atomic mass is 10.0. The predicted molar refractivity (Wildman–Crippen MR) is 56.1 cm³/mol. The second-order valence-electron chi connectivity index (χ2n) is 3.60. The molecule has 1 unspecified atom stereocenters. The van der Waals surface area contributed by atoms with Crippen LogP contribution in [-0.4, -0.2) is 20.5 Å². The predicted octanol–water partition coefficient (Wildman–Crippen LogP) is 2.46. The van der Waals surface area contributed by atoms with Crippen molar-refractivity contribution in [3.8, 4) is 0 Å². The quantitative estimate of drug-likeness (QED) is 0.673. The first-order chi connectivity index (χ1) is 8.31. The Balaban J connectivity index is 3.04. The van der Waals surface area contributed by atoms with E-state index < -0.39 is 29.9 Å². The summed E-state index contributed by atoms with van der Waals surface area (Å²) in [5.41, 5.74) is 4.52. The van der Waals surface area contributed by atoms with Crippen molar-refractivity contribution in [1.29, 1.82) is 0 Å². The summed E-state index contributed by atoms with van der Waals surface area (Å²) in [4.78, 5) is 0. The van der Waals surface area contributed by atoms with Gasteiger partial charge in [0.15, 0.2) is 6.29 Å². The molecule has 1 rings (SSSR count). The molecule has 102 valence electrons. The van der Waals surface area contributed by atoms with E-state index in [2.05, 4.69) is 0 Å². The molecule has 0 radical (unpaired) electrons. The lowest BCUT2D eigenvalue weighted by molar-refractivity contribution is -0.140. The fraction of sp³-hybridized carbons (Fsp3) is 0.455. The molecule has 0 aromatic heterocycles. The summed E-state index contributed by atoms with van der Waals surface area (Å²) in [6.45, 7) is 0. The maximum atomic E-state index is 13.3. The highest BCUT2D eigenvalue weighted by Gasteiger charge is 2.34. The molecule has 18 heavy (non-hydrogen) atoms. The van der Waals surface area contributed by atoms with Crippen LogP contribution in [0.15, 0.2) is 18.2 Å². The number of nitrogens with two attached hydrogens (primary N) is 1. The van der Waals surface area contributed by atoms with E-state index in [-0.39, 0.29) is 5.56 Å². The van der Waals surface area contributed by atoms with Crippen LogP contribution in [0.5, 0.6) is 0 Å². The van der Waals surface area contributed by atoms with Crippen molar-refractivity contribution in [2.75, 3.05) is 14.2 Å². The number of rotatable bonds is 4. The Labute approximate surface area is 101 Å². The van der Waals surface area contributed by atoms with Crippen LogP contribution in [0.4, 0.5) is 17.6 Å². The Hall–Kier alpha value is -1.18. The number of alkyl halides is 3. The Morgan fingerprint density at radius 2 is 1.72 bits per heavy atom. The molecular formula is C11H13F4NO2. The molecule has 0 heterocycles. The van der Waals surface area contributed by atoms with Gasteiger partial charge in [0.2, 0.25) is 0 Å². The molecule has 2 N–H and O–H groups in total. The number of benzene rings is 1. The summed E-state index contributed by atoms with van der Waals surface area (Å²) in [5.74, 6) is -1.37. The third kappa shape index (κ3) is 3.18. The minimum atomic E-state index is -4.73. The summed E-state index contributed by atoms with van der Waals surface area (Å²) in [6, 6.07) is 1.60. The van der Waals surface area contributed by atoms with Crippen LogP contribution in [0.2, 0.25) is 0 Å². The molecule has 3 nitrogen and oxygen atoms in total. The van der Waals surface area contributed by atoms with Crippen LogP contribution in [0, 0.1) is 5.82 Å². The third-order valence-corrected chi connectivity index (χ3v) is 2.44. The molecule has 0 aliphatic heterocycles. The van der Waals surface area contributed by atoms with Crippen molar-refractivity contribution < 1.29 is 27.0 Å². The van der Waals surface area contributed by atoms with Crippen LogP contribution >= 0.6 is 0 Å². The Morgan fingerprint density at radius 3 is 2.11 bits per heavy atom. The van der Waals surface area contributed by atoms with Gasteiger partial charge in [-0.15, -0.1) is 0 Å². The van der Waals surface area contributed by atoms with Crippen molar-refractivity contribution in [2.45, 2.75) is 18.5 Å². The SMILES string of the molecule is COC(OC)C(N)c1ccc(C(F)(F)F)c(F)c1. The number of halogens is 4. The minimum Gasteiger partial charge on any atom is -0.354 e. The van der Waals surface area contributed by atoms with E-state index in [0.29, 0.717) is 6.07 Å². The Bertz CT molecular complexity index is 405. The topological polar surface area (TPSA) is 44.5 Å². The largest absolute Gasteiger partial charge is 0.419 e. The third-order valence-electron chi connectivity index (χ3n) is 2.44. The number of methoxy groups -OCH3 is 2. The van der Waals surface area contributed by atoms with E-state index >= 15 is 0 Å². The molecule has 0 saturated heterocycles. The fourth-order valence-electron chi connectivity index (χ4n) is 1.52. The smallest absolute Gasteiger partial charge is 0.354 e. The van der Waals surface area contributed by atoms with E-state index in [0.717, 1.165) is 12.1 Å². The van der Waals surface area contributed by atoms with Crippen LogP contribution in [0.1, 0.15) is 17.2 Å². The second kappa shape index (κ2) is 5.64. The molecule has 0 fully saturated rings. The van der Waals surface area contributed by atoms with Gasteiger partial charge in [-0.1, -0.05) is 6.07 Å². The van der Waals surface area contributed by atoms with Crippen molar-refractivity contribution in [2.24, 2.45) is 5.73 Å². The standard InChI is InChI=1S/C11H13F4NO2/c1-17-10(18-2)9(16)6-3-4-7(8(12)5-6)11(13,14)15/h3-5,9-10H,16H2,1-2H3. The molecule has 0 aliphatic carbocycles. The molecular weight excluding hydrogens is 254 g/mol. The number of hydrogen-bond donors (Lipinski definition) is 1. The van der Waals surface area contributed by atoms with Crippen molar-refractivity contribution in [3.05, 3.63) is 35.1 Å². The first kappa shape index (κ1) is 14.9. The number of ether oxygens (including phenoxy) is 2. The molecule has 1 aromatic carbocycles. The zero-order valence-corrected chi connectivity index (χ0v) is 9.79. The zero-order valence-electron chi connectivity index (χ0n) is 9.79. The molecule has 0 saturated carbocycles. The lowest BCUT2D eigenvalue weighted by Gasteiger charge is -2.21. The molecule has 0 spiro atoms. The highest BCUT2D eigenvalue weighted by atomic mass is 19.4. The van der Waals surface area contributed by atoms with Gasteiger partial charge in [0.1, 0.15) is 5.82 Å². The molecule has 0 bridgehead atoms. The summed E-state index contributed by atoms with van der Waals surface area (Å²) in [6.07, 6.45) is -5.59. The normalized spacial score (nSPS) is 14.0. The molecule has 7 heteroatoms.